The Kier molecular flexibility index (Phi) is 4.34. The minimum Gasteiger partial charge on any atom is -0.381 e. The average molecular weight is 277 g/mol. The van der Waals surface area contributed by atoms with Gasteiger partial charge in [0.2, 0.25) is 0 Å². The first-order valence-electron chi connectivity index (χ1n) is 6.41. The Bertz CT molecular complexity index is 411. The maximum Gasteiger partial charge on any atom is 0.435 e. The van der Waals surface area contributed by atoms with Crippen LogP contribution in [-0.2, 0) is 17.5 Å². The molecule has 1 aliphatic heterocycles. The summed E-state index contributed by atoms with van der Waals surface area (Å²) in [6.07, 6.45) is -1.61. The minimum atomic E-state index is -4.39. The number of nitrogens with one attached hydrogen (secondary N) is 1. The normalized spacial score (nSPS) is 17.7. The maximum atomic E-state index is 12.6. The summed E-state index contributed by atoms with van der Waals surface area (Å²) in [6, 6.07) is 1.05. The molecule has 2 heterocycles. The smallest absolute Gasteiger partial charge is 0.381 e. The van der Waals surface area contributed by atoms with Gasteiger partial charge in [-0.15, -0.1) is 0 Å². The number of ether oxygens (including phenoxy) is 1. The predicted molar refractivity (Wildman–Crippen MR) is 64.9 cm³/mol. The quantitative estimate of drug-likeness (QED) is 0.919. The number of alkyl halides is 3. The third kappa shape index (κ3) is 3.62. The molecule has 0 saturated carbocycles. The standard InChI is InChI=1S/C12H18F3N3O/c1-16-11-8-10(12(13,14)15)17-18(11)5-2-9-3-6-19-7-4-9/h8-9,16H,2-7H2,1H3. The first-order chi connectivity index (χ1) is 9.00. The number of halogens is 3. The Labute approximate surface area is 109 Å². The number of aromatic nitrogens is 2. The zero-order valence-corrected chi connectivity index (χ0v) is 10.8. The van der Waals surface area contributed by atoms with Gasteiger partial charge in [-0.1, -0.05) is 0 Å². The zero-order chi connectivity index (χ0) is 13.9. The molecule has 0 unspecified atom stereocenters. The van der Waals surface area contributed by atoms with E-state index >= 15 is 0 Å². The first kappa shape index (κ1) is 14.2. The van der Waals surface area contributed by atoms with E-state index in [0.29, 0.717) is 18.3 Å². The van der Waals surface area contributed by atoms with Crippen molar-refractivity contribution in [3.8, 4) is 0 Å². The molecule has 1 saturated heterocycles. The lowest BCUT2D eigenvalue weighted by atomic mass is 9.97. The van der Waals surface area contributed by atoms with E-state index in [1.807, 2.05) is 0 Å². The third-order valence-electron chi connectivity index (χ3n) is 3.42. The summed E-state index contributed by atoms with van der Waals surface area (Å²) in [4.78, 5) is 0. The highest BCUT2D eigenvalue weighted by Crippen LogP contribution is 2.30. The number of rotatable bonds is 4. The lowest BCUT2D eigenvalue weighted by molar-refractivity contribution is -0.141. The molecule has 7 heteroatoms. The molecule has 0 radical (unpaired) electrons. The summed E-state index contributed by atoms with van der Waals surface area (Å²) in [5.74, 6) is 0.913. The highest BCUT2D eigenvalue weighted by Gasteiger charge is 2.34. The van der Waals surface area contributed by atoms with Gasteiger partial charge in [-0.25, -0.2) is 4.68 Å². The van der Waals surface area contributed by atoms with E-state index in [4.69, 9.17) is 4.74 Å². The van der Waals surface area contributed by atoms with Gasteiger partial charge in [0.1, 0.15) is 5.82 Å². The largest absolute Gasteiger partial charge is 0.435 e. The van der Waals surface area contributed by atoms with Crippen molar-refractivity contribution >= 4 is 5.82 Å². The van der Waals surface area contributed by atoms with Crippen molar-refractivity contribution in [1.29, 1.82) is 0 Å². The monoisotopic (exact) mass is 277 g/mol. The van der Waals surface area contributed by atoms with Crippen molar-refractivity contribution in [2.45, 2.75) is 32.0 Å². The molecule has 0 aromatic carbocycles. The summed E-state index contributed by atoms with van der Waals surface area (Å²) in [7, 11) is 1.60. The molecule has 108 valence electrons. The molecular formula is C12H18F3N3O. The summed E-state index contributed by atoms with van der Waals surface area (Å²) in [5.41, 5.74) is -0.844. The number of aryl methyl sites for hydroxylation is 1. The molecule has 1 aliphatic rings. The summed E-state index contributed by atoms with van der Waals surface area (Å²) in [5, 5.41) is 6.39. The Morgan fingerprint density at radius 3 is 2.68 bits per heavy atom. The van der Waals surface area contributed by atoms with Gasteiger partial charge < -0.3 is 10.1 Å². The molecule has 4 nitrogen and oxygen atoms in total. The van der Waals surface area contributed by atoms with Crippen LogP contribution >= 0.6 is 0 Å². The highest BCUT2D eigenvalue weighted by molar-refractivity contribution is 5.37. The van der Waals surface area contributed by atoms with Crippen LogP contribution in [0.25, 0.3) is 0 Å². The molecule has 0 aliphatic carbocycles. The summed E-state index contributed by atoms with van der Waals surface area (Å²) < 4.78 is 44.4. The second kappa shape index (κ2) is 5.81. The number of hydrogen-bond acceptors (Lipinski definition) is 3. The number of nitrogens with zero attached hydrogens (tertiary/aromatic N) is 2. The van der Waals surface area contributed by atoms with Crippen LogP contribution in [0.2, 0.25) is 0 Å². The second-order valence-electron chi connectivity index (χ2n) is 4.73. The van der Waals surface area contributed by atoms with E-state index in [1.54, 1.807) is 7.05 Å². The maximum absolute atomic E-state index is 12.6. The van der Waals surface area contributed by atoms with Crippen LogP contribution in [0.3, 0.4) is 0 Å². The second-order valence-corrected chi connectivity index (χ2v) is 4.73. The molecule has 1 fully saturated rings. The van der Waals surface area contributed by atoms with Crippen LogP contribution in [-0.4, -0.2) is 30.0 Å². The van der Waals surface area contributed by atoms with Crippen molar-refractivity contribution in [2.75, 3.05) is 25.6 Å². The van der Waals surface area contributed by atoms with Crippen LogP contribution in [0, 0.1) is 5.92 Å². The van der Waals surface area contributed by atoms with Gasteiger partial charge in [0.15, 0.2) is 5.69 Å². The molecule has 19 heavy (non-hydrogen) atoms. The van der Waals surface area contributed by atoms with E-state index in [9.17, 15) is 13.2 Å². The number of hydrogen-bond donors (Lipinski definition) is 1. The highest BCUT2D eigenvalue weighted by atomic mass is 19.4. The Morgan fingerprint density at radius 2 is 2.11 bits per heavy atom. The summed E-state index contributed by atoms with van der Waals surface area (Å²) >= 11 is 0. The number of anilines is 1. The Balaban J connectivity index is 2.00. The van der Waals surface area contributed by atoms with Gasteiger partial charge in [0, 0.05) is 32.9 Å². The Morgan fingerprint density at radius 1 is 1.42 bits per heavy atom. The van der Waals surface area contributed by atoms with Gasteiger partial charge in [-0.05, 0) is 25.2 Å². The molecule has 2 rings (SSSR count). The fourth-order valence-corrected chi connectivity index (χ4v) is 2.27. The van der Waals surface area contributed by atoms with Gasteiger partial charge in [0.25, 0.3) is 0 Å². The zero-order valence-electron chi connectivity index (χ0n) is 10.8. The SMILES string of the molecule is CNc1cc(C(F)(F)F)nn1CCC1CCOCC1. The molecule has 1 N–H and O–H groups in total. The molecule has 0 spiro atoms. The van der Waals surface area contributed by atoms with Gasteiger partial charge in [-0.3, -0.25) is 0 Å². The topological polar surface area (TPSA) is 39.1 Å². The van der Waals surface area contributed by atoms with E-state index in [-0.39, 0.29) is 0 Å². The third-order valence-corrected chi connectivity index (χ3v) is 3.42. The van der Waals surface area contributed by atoms with Crippen LogP contribution in [0.15, 0.2) is 6.07 Å². The molecule has 1 aromatic heterocycles. The van der Waals surface area contributed by atoms with Crippen LogP contribution in [0.4, 0.5) is 19.0 Å². The molecule has 0 bridgehead atoms. The van der Waals surface area contributed by atoms with Crippen molar-refractivity contribution < 1.29 is 17.9 Å². The average Bonchev–Trinajstić information content (AvgIpc) is 2.81. The van der Waals surface area contributed by atoms with E-state index < -0.39 is 11.9 Å². The van der Waals surface area contributed by atoms with E-state index in [2.05, 4.69) is 10.4 Å². The molecular weight excluding hydrogens is 259 g/mol. The van der Waals surface area contributed by atoms with Crippen LogP contribution in [0.1, 0.15) is 25.0 Å². The van der Waals surface area contributed by atoms with Gasteiger partial charge in [0.05, 0.1) is 0 Å². The fourth-order valence-electron chi connectivity index (χ4n) is 2.27. The molecule has 0 atom stereocenters. The van der Waals surface area contributed by atoms with Crippen molar-refractivity contribution in [3.63, 3.8) is 0 Å². The minimum absolute atomic E-state index is 0.402. The van der Waals surface area contributed by atoms with Crippen LogP contribution in [0.5, 0.6) is 0 Å². The Hall–Kier alpha value is -1.24. The first-order valence-corrected chi connectivity index (χ1v) is 6.41. The predicted octanol–water partition coefficient (Wildman–Crippen LogP) is 2.76. The lowest BCUT2D eigenvalue weighted by Gasteiger charge is -2.22. The van der Waals surface area contributed by atoms with E-state index in [0.717, 1.165) is 38.5 Å². The van der Waals surface area contributed by atoms with Gasteiger partial charge in [-0.2, -0.15) is 18.3 Å². The molecule has 1 aromatic rings. The van der Waals surface area contributed by atoms with E-state index in [1.165, 1.54) is 4.68 Å². The van der Waals surface area contributed by atoms with Crippen molar-refractivity contribution in [2.24, 2.45) is 5.92 Å². The summed E-state index contributed by atoms with van der Waals surface area (Å²) in [6.45, 7) is 1.99. The van der Waals surface area contributed by atoms with Crippen LogP contribution < -0.4 is 5.32 Å². The molecule has 0 amide bonds. The van der Waals surface area contributed by atoms with Crippen molar-refractivity contribution in [3.05, 3.63) is 11.8 Å². The van der Waals surface area contributed by atoms with Crippen molar-refractivity contribution in [1.82, 2.24) is 9.78 Å². The lowest BCUT2D eigenvalue weighted by Crippen LogP contribution is -2.18. The van der Waals surface area contributed by atoms with Gasteiger partial charge >= 0.3 is 6.18 Å². The fraction of sp³-hybridized carbons (Fsp3) is 0.750.